The molecule has 0 amide bonds. The van der Waals surface area contributed by atoms with Crippen molar-refractivity contribution in [1.29, 1.82) is 0 Å². The predicted octanol–water partition coefficient (Wildman–Crippen LogP) is 11.1. The lowest BCUT2D eigenvalue weighted by molar-refractivity contribution is 0.0733. The van der Waals surface area contributed by atoms with Crippen LogP contribution in [0.15, 0.2) is 84.9 Å². The van der Waals surface area contributed by atoms with Crippen LogP contribution in [0.5, 0.6) is 23.0 Å². The average molecular weight is 633 g/mol. The Labute approximate surface area is 280 Å². The van der Waals surface area contributed by atoms with Crippen LogP contribution in [0.3, 0.4) is 0 Å². The molecule has 1 aliphatic carbocycles. The normalized spacial score (nSPS) is 15.5. The van der Waals surface area contributed by atoms with Gasteiger partial charge in [0.2, 0.25) is 0 Å². The van der Waals surface area contributed by atoms with Gasteiger partial charge in [0.15, 0.2) is 5.78 Å². The summed E-state index contributed by atoms with van der Waals surface area (Å²) in [6.07, 6.45) is 13.7. The fraction of sp³-hybridized carbons (Fsp3) is 0.381. The average Bonchev–Trinajstić information content (AvgIpc) is 3.06. The number of ketones is 1. The summed E-state index contributed by atoms with van der Waals surface area (Å²) in [5, 5.41) is 0. The summed E-state index contributed by atoms with van der Waals surface area (Å²) in [6, 6.07) is 27.0. The quantitative estimate of drug-likeness (QED) is 0.110. The molecule has 0 aliphatic heterocycles. The molecule has 246 valence electrons. The maximum Gasteiger partial charge on any atom is 0.343 e. The van der Waals surface area contributed by atoms with Crippen molar-refractivity contribution in [2.45, 2.75) is 96.8 Å². The molecule has 0 N–H and O–H groups in total. The van der Waals surface area contributed by atoms with E-state index < -0.39 is 5.97 Å². The molecule has 47 heavy (non-hydrogen) atoms. The maximum absolute atomic E-state index is 13.2. The highest BCUT2D eigenvalue weighted by atomic mass is 16.5. The van der Waals surface area contributed by atoms with Crippen molar-refractivity contribution in [3.8, 4) is 23.0 Å². The van der Waals surface area contributed by atoms with Gasteiger partial charge in [-0.25, -0.2) is 4.79 Å². The number of ether oxygens (including phenoxy) is 3. The number of aryl methyl sites for hydroxylation is 2. The zero-order valence-electron chi connectivity index (χ0n) is 28.4. The van der Waals surface area contributed by atoms with Crippen molar-refractivity contribution in [2.24, 2.45) is 0 Å². The molecule has 5 nitrogen and oxygen atoms in total. The summed E-state index contributed by atoms with van der Waals surface area (Å²) < 4.78 is 17.5. The summed E-state index contributed by atoms with van der Waals surface area (Å²) in [5.41, 5.74) is 5.68. The molecular formula is C42H48O5. The molecule has 0 spiro atoms. The second kappa shape index (κ2) is 15.9. The maximum atomic E-state index is 13.2. The molecule has 1 saturated carbocycles. The van der Waals surface area contributed by atoms with Crippen LogP contribution >= 0.6 is 0 Å². The van der Waals surface area contributed by atoms with Gasteiger partial charge in [0.1, 0.15) is 23.0 Å². The lowest BCUT2D eigenvalue weighted by atomic mass is 9.67. The Bertz CT molecular complexity index is 1640. The largest absolute Gasteiger partial charge is 0.496 e. The lowest BCUT2D eigenvalue weighted by Gasteiger charge is -2.37. The van der Waals surface area contributed by atoms with Crippen LogP contribution in [0, 0.1) is 13.8 Å². The lowest BCUT2D eigenvalue weighted by Crippen LogP contribution is -2.28. The van der Waals surface area contributed by atoms with E-state index in [4.69, 9.17) is 14.2 Å². The smallest absolute Gasteiger partial charge is 0.343 e. The monoisotopic (exact) mass is 632 g/mol. The minimum atomic E-state index is -0.412. The standard InChI is InChI=1S/C42H48O5/c1-30-28-35(18-24-39(30)45-4)42(26-12-10-8-6-5-7-9-11-13-27-42)36-19-25-40(31(2)29-36)47-41(44)34-16-22-38(23-17-34)46-37-20-14-33(15-21-37)32(3)43/h14-25,28-29H,5-13,26-27H2,1-4H3. The van der Waals surface area contributed by atoms with E-state index in [9.17, 15) is 9.59 Å². The van der Waals surface area contributed by atoms with E-state index in [2.05, 4.69) is 37.3 Å². The van der Waals surface area contributed by atoms with E-state index in [1.165, 1.54) is 75.8 Å². The van der Waals surface area contributed by atoms with Gasteiger partial charge in [-0.15, -0.1) is 0 Å². The van der Waals surface area contributed by atoms with E-state index >= 15 is 0 Å². The number of carbonyl (C=O) groups is 2. The van der Waals surface area contributed by atoms with Crippen LogP contribution in [0.25, 0.3) is 0 Å². The summed E-state index contributed by atoms with van der Waals surface area (Å²) in [4.78, 5) is 24.8. The van der Waals surface area contributed by atoms with Gasteiger partial charge in [0.25, 0.3) is 0 Å². The highest BCUT2D eigenvalue weighted by Crippen LogP contribution is 2.44. The summed E-state index contributed by atoms with van der Waals surface area (Å²) in [6.45, 7) is 5.69. The zero-order chi connectivity index (χ0) is 33.2. The Morgan fingerprint density at radius 3 is 1.47 bits per heavy atom. The van der Waals surface area contributed by atoms with Crippen molar-refractivity contribution in [2.75, 3.05) is 7.11 Å². The van der Waals surface area contributed by atoms with E-state index in [0.717, 1.165) is 29.7 Å². The molecule has 0 bridgehead atoms. The summed E-state index contributed by atoms with van der Waals surface area (Å²) >= 11 is 0. The molecule has 5 rings (SSSR count). The van der Waals surface area contributed by atoms with Crippen molar-refractivity contribution in [3.05, 3.63) is 118 Å². The molecule has 1 aliphatic rings. The Hall–Kier alpha value is -4.38. The minimum absolute atomic E-state index is 0.00691. The van der Waals surface area contributed by atoms with Crippen molar-refractivity contribution in [3.63, 3.8) is 0 Å². The van der Waals surface area contributed by atoms with Gasteiger partial charge in [-0.1, -0.05) is 82.1 Å². The summed E-state index contributed by atoms with van der Waals surface area (Å²) in [5.74, 6) is 2.29. The number of rotatable bonds is 8. The Balaban J connectivity index is 1.36. The molecular weight excluding hydrogens is 584 g/mol. The molecule has 0 aromatic heterocycles. The van der Waals surface area contributed by atoms with Crippen LogP contribution in [0.2, 0.25) is 0 Å². The third kappa shape index (κ3) is 8.51. The second-order valence-corrected chi connectivity index (χ2v) is 13.0. The number of carbonyl (C=O) groups excluding carboxylic acids is 2. The van der Waals surface area contributed by atoms with Crippen molar-refractivity contribution in [1.82, 2.24) is 0 Å². The molecule has 0 saturated heterocycles. The molecule has 0 atom stereocenters. The predicted molar refractivity (Wildman–Crippen MR) is 188 cm³/mol. The summed E-state index contributed by atoms with van der Waals surface area (Å²) in [7, 11) is 1.73. The first-order valence-electron chi connectivity index (χ1n) is 17.2. The fourth-order valence-corrected chi connectivity index (χ4v) is 6.91. The zero-order valence-corrected chi connectivity index (χ0v) is 28.4. The number of methoxy groups -OCH3 is 1. The number of Topliss-reactive ketones (excluding diaryl/α,β-unsaturated/α-hetero) is 1. The topological polar surface area (TPSA) is 61.8 Å². The van der Waals surface area contributed by atoms with Crippen LogP contribution in [0.1, 0.15) is 121 Å². The van der Waals surface area contributed by atoms with Gasteiger partial charge >= 0.3 is 5.97 Å². The molecule has 4 aromatic rings. The highest BCUT2D eigenvalue weighted by molar-refractivity contribution is 5.94. The van der Waals surface area contributed by atoms with E-state index in [1.54, 1.807) is 55.6 Å². The minimum Gasteiger partial charge on any atom is -0.496 e. The highest BCUT2D eigenvalue weighted by Gasteiger charge is 2.34. The number of benzene rings is 4. The SMILES string of the molecule is COc1ccc(C2(c3ccc(OC(=O)c4ccc(Oc5ccc(C(C)=O)cc5)cc4)c(C)c3)CCCCCCCCCCC2)cc1C. The van der Waals surface area contributed by atoms with Gasteiger partial charge in [-0.3, -0.25) is 4.79 Å². The van der Waals surface area contributed by atoms with Gasteiger partial charge in [-0.2, -0.15) is 0 Å². The Morgan fingerprint density at radius 2 is 1.02 bits per heavy atom. The fourth-order valence-electron chi connectivity index (χ4n) is 6.91. The van der Waals surface area contributed by atoms with E-state index in [1.807, 2.05) is 13.0 Å². The van der Waals surface area contributed by atoms with Crippen LogP contribution in [-0.4, -0.2) is 18.9 Å². The molecule has 1 fully saturated rings. The van der Waals surface area contributed by atoms with E-state index in [0.29, 0.717) is 28.4 Å². The van der Waals surface area contributed by atoms with Gasteiger partial charge in [0.05, 0.1) is 12.7 Å². The third-order valence-electron chi connectivity index (χ3n) is 9.67. The van der Waals surface area contributed by atoms with E-state index in [-0.39, 0.29) is 11.2 Å². The van der Waals surface area contributed by atoms with Gasteiger partial charge in [-0.05, 0) is 117 Å². The van der Waals surface area contributed by atoms with Crippen molar-refractivity contribution >= 4 is 11.8 Å². The third-order valence-corrected chi connectivity index (χ3v) is 9.67. The van der Waals surface area contributed by atoms with Gasteiger partial charge < -0.3 is 14.2 Å². The second-order valence-electron chi connectivity index (χ2n) is 13.0. The number of hydrogen-bond acceptors (Lipinski definition) is 5. The molecule has 4 aromatic carbocycles. The Kier molecular flexibility index (Phi) is 11.5. The first kappa shape index (κ1) is 34.0. The van der Waals surface area contributed by atoms with Crippen LogP contribution < -0.4 is 14.2 Å². The molecule has 0 heterocycles. The first-order chi connectivity index (χ1) is 22.8. The molecule has 0 radical (unpaired) electrons. The number of hydrogen-bond donors (Lipinski definition) is 0. The van der Waals surface area contributed by atoms with Crippen molar-refractivity contribution < 1.29 is 23.8 Å². The Morgan fingerprint density at radius 1 is 0.574 bits per heavy atom. The molecule has 5 heteroatoms. The van der Waals surface area contributed by atoms with Crippen LogP contribution in [0.4, 0.5) is 0 Å². The van der Waals surface area contributed by atoms with Crippen LogP contribution in [-0.2, 0) is 5.41 Å². The molecule has 0 unspecified atom stereocenters. The van der Waals surface area contributed by atoms with Gasteiger partial charge in [0, 0.05) is 11.0 Å². The first-order valence-corrected chi connectivity index (χ1v) is 17.2. The number of esters is 1.